The molecule has 2 heterocycles. The first-order valence-corrected chi connectivity index (χ1v) is 11.0. The maximum Gasteiger partial charge on any atom is 0.307 e. The molecular formula is C23H32N4O4. The monoisotopic (exact) mass is 428 g/mol. The molecule has 1 N–H and O–H groups in total. The average Bonchev–Trinajstić information content (AvgIpc) is 3.38. The van der Waals surface area contributed by atoms with E-state index in [1.807, 2.05) is 0 Å². The highest BCUT2D eigenvalue weighted by Gasteiger charge is 2.38. The Morgan fingerprint density at radius 2 is 1.97 bits per heavy atom. The number of hydrogen-bond acceptors (Lipinski definition) is 6. The molecule has 2 aliphatic rings. The molecule has 3 rings (SSSR count). The van der Waals surface area contributed by atoms with Gasteiger partial charge >= 0.3 is 5.97 Å². The van der Waals surface area contributed by atoms with Crippen molar-refractivity contribution in [3.05, 3.63) is 24.4 Å². The Balaban J connectivity index is 1.70. The summed E-state index contributed by atoms with van der Waals surface area (Å²) in [6.07, 6.45) is 8.50. The van der Waals surface area contributed by atoms with Gasteiger partial charge in [-0.15, -0.1) is 0 Å². The van der Waals surface area contributed by atoms with Crippen molar-refractivity contribution in [2.75, 3.05) is 5.32 Å². The van der Waals surface area contributed by atoms with Crippen LogP contribution in [0, 0.1) is 11.8 Å². The molecule has 168 valence electrons. The fourth-order valence-corrected chi connectivity index (χ4v) is 4.18. The Bertz CT molecular complexity index is 813. The van der Waals surface area contributed by atoms with Crippen molar-refractivity contribution in [3.8, 4) is 0 Å². The van der Waals surface area contributed by atoms with E-state index in [2.05, 4.69) is 15.4 Å². The molecule has 8 nitrogen and oxygen atoms in total. The Morgan fingerprint density at radius 1 is 1.23 bits per heavy atom. The first-order chi connectivity index (χ1) is 14.7. The molecule has 0 saturated heterocycles. The number of amides is 2. The first kappa shape index (κ1) is 22.9. The zero-order chi connectivity index (χ0) is 22.4. The molecule has 0 unspecified atom stereocenters. The lowest BCUT2D eigenvalue weighted by molar-refractivity contribution is -0.159. The average molecular weight is 429 g/mol. The van der Waals surface area contributed by atoms with Crippen LogP contribution in [0.3, 0.4) is 0 Å². The van der Waals surface area contributed by atoms with Crippen LogP contribution in [0.25, 0.3) is 0 Å². The number of nitrogens with zero attached hydrogens (tertiary/aromatic N) is 3. The summed E-state index contributed by atoms with van der Waals surface area (Å²) in [6, 6.07) is 4.47. The van der Waals surface area contributed by atoms with E-state index in [4.69, 9.17) is 4.74 Å². The van der Waals surface area contributed by atoms with Gasteiger partial charge in [-0.3, -0.25) is 14.4 Å². The van der Waals surface area contributed by atoms with Gasteiger partial charge in [0.2, 0.25) is 5.91 Å². The van der Waals surface area contributed by atoms with Crippen LogP contribution in [0.15, 0.2) is 29.5 Å². The van der Waals surface area contributed by atoms with Crippen LogP contribution < -0.4 is 5.32 Å². The van der Waals surface area contributed by atoms with E-state index < -0.39 is 23.5 Å². The van der Waals surface area contributed by atoms with E-state index in [0.29, 0.717) is 24.6 Å². The number of carbonyl (C=O) groups is 3. The minimum atomic E-state index is -0.751. The van der Waals surface area contributed by atoms with Crippen LogP contribution in [0.1, 0.15) is 65.7 Å². The van der Waals surface area contributed by atoms with Gasteiger partial charge in [-0.1, -0.05) is 31.7 Å². The quantitative estimate of drug-likeness (QED) is 0.670. The summed E-state index contributed by atoms with van der Waals surface area (Å²) in [6.45, 7) is 5.42. The summed E-state index contributed by atoms with van der Waals surface area (Å²) in [5.74, 6) is -0.777. The molecule has 1 aromatic heterocycles. The van der Waals surface area contributed by atoms with Crippen LogP contribution in [-0.2, 0) is 19.1 Å². The van der Waals surface area contributed by atoms with Gasteiger partial charge < -0.3 is 10.1 Å². The second-order valence-electron chi connectivity index (χ2n) is 9.31. The first-order valence-electron chi connectivity index (χ1n) is 11.0. The van der Waals surface area contributed by atoms with Crippen molar-refractivity contribution in [1.82, 2.24) is 9.99 Å². The fraction of sp³-hybridized carbons (Fsp3) is 0.609. The largest absolute Gasteiger partial charge is 0.460 e. The van der Waals surface area contributed by atoms with Crippen molar-refractivity contribution < 1.29 is 19.1 Å². The van der Waals surface area contributed by atoms with E-state index >= 15 is 0 Å². The molecule has 0 spiro atoms. The number of hydrogen-bond donors (Lipinski definition) is 1. The number of carbonyl (C=O) groups excluding carboxylic acids is 3. The van der Waals surface area contributed by atoms with Crippen molar-refractivity contribution in [2.24, 2.45) is 16.9 Å². The second kappa shape index (κ2) is 10.0. The van der Waals surface area contributed by atoms with Crippen LogP contribution in [0.5, 0.6) is 0 Å². The van der Waals surface area contributed by atoms with Crippen molar-refractivity contribution in [2.45, 2.75) is 77.4 Å². The highest BCUT2D eigenvalue weighted by molar-refractivity contribution is 5.99. The van der Waals surface area contributed by atoms with Crippen LogP contribution in [0.4, 0.5) is 5.82 Å². The van der Waals surface area contributed by atoms with Crippen molar-refractivity contribution in [1.29, 1.82) is 0 Å². The molecule has 1 aliphatic carbocycles. The van der Waals surface area contributed by atoms with E-state index in [-0.39, 0.29) is 18.2 Å². The summed E-state index contributed by atoms with van der Waals surface area (Å²) in [5.41, 5.74) is -0.616. The van der Waals surface area contributed by atoms with Crippen LogP contribution >= 0.6 is 0 Å². The molecule has 0 radical (unpaired) electrons. The van der Waals surface area contributed by atoms with Gasteiger partial charge in [-0.25, -0.2) is 9.99 Å². The summed E-state index contributed by atoms with van der Waals surface area (Å²) >= 11 is 0. The Morgan fingerprint density at radius 3 is 2.61 bits per heavy atom. The lowest BCUT2D eigenvalue weighted by atomic mass is 9.89. The number of esters is 1. The Kier molecular flexibility index (Phi) is 7.41. The molecule has 1 aliphatic heterocycles. The molecule has 2 amide bonds. The van der Waals surface area contributed by atoms with Crippen LogP contribution in [-0.4, -0.2) is 45.6 Å². The lowest BCUT2D eigenvalue weighted by Crippen LogP contribution is -2.45. The third-order valence-corrected chi connectivity index (χ3v) is 5.55. The second-order valence-corrected chi connectivity index (χ2v) is 9.31. The number of aromatic nitrogens is 1. The number of ether oxygens (including phenoxy) is 1. The SMILES string of the molecule is CC(C)(C)OC(=O)C[C@@H](CC1CCCC1)C(=O)N1N=CC[C@H]1C(=O)Nc1ccccn1. The van der Waals surface area contributed by atoms with Crippen molar-refractivity contribution in [3.63, 3.8) is 0 Å². The normalized spacial score (nSPS) is 20.0. The zero-order valence-corrected chi connectivity index (χ0v) is 18.5. The number of anilines is 1. The van der Waals surface area contributed by atoms with Gasteiger partial charge in [0, 0.05) is 18.8 Å². The number of rotatable bonds is 7. The van der Waals surface area contributed by atoms with E-state index in [0.717, 1.165) is 25.7 Å². The highest BCUT2D eigenvalue weighted by Crippen LogP contribution is 2.33. The number of nitrogens with one attached hydrogen (secondary N) is 1. The summed E-state index contributed by atoms with van der Waals surface area (Å²) in [7, 11) is 0. The highest BCUT2D eigenvalue weighted by atomic mass is 16.6. The smallest absolute Gasteiger partial charge is 0.307 e. The van der Waals surface area contributed by atoms with E-state index in [1.54, 1.807) is 51.4 Å². The number of hydrazone groups is 1. The predicted molar refractivity (Wildman–Crippen MR) is 117 cm³/mol. The molecule has 1 saturated carbocycles. The van der Waals surface area contributed by atoms with E-state index in [1.165, 1.54) is 5.01 Å². The van der Waals surface area contributed by atoms with Gasteiger partial charge in [-0.05, 0) is 45.2 Å². The summed E-state index contributed by atoms with van der Waals surface area (Å²) < 4.78 is 5.46. The van der Waals surface area contributed by atoms with E-state index in [9.17, 15) is 14.4 Å². The van der Waals surface area contributed by atoms with Gasteiger partial charge in [0.15, 0.2) is 0 Å². The molecule has 0 aromatic carbocycles. The van der Waals surface area contributed by atoms with Crippen molar-refractivity contribution >= 4 is 29.8 Å². The molecule has 1 fully saturated rings. The summed E-state index contributed by atoms with van der Waals surface area (Å²) in [5, 5.41) is 8.16. The topological polar surface area (TPSA) is 101 Å². The molecule has 0 bridgehead atoms. The molecular weight excluding hydrogens is 396 g/mol. The Hall–Kier alpha value is -2.77. The number of pyridine rings is 1. The fourth-order valence-electron chi connectivity index (χ4n) is 4.18. The summed E-state index contributed by atoms with van der Waals surface area (Å²) in [4.78, 5) is 42.8. The minimum Gasteiger partial charge on any atom is -0.460 e. The standard InChI is InChI=1S/C23H32N4O4/c1-23(2,3)31-20(28)15-17(14-16-8-4-5-9-16)22(30)27-18(11-13-25-27)21(29)26-19-10-6-7-12-24-19/h6-7,10,12-13,16-18H,4-5,8-9,11,14-15H2,1-3H3,(H,24,26,29)/t17-,18+/m1/s1. The predicted octanol–water partition coefficient (Wildman–Crippen LogP) is 3.54. The van der Waals surface area contributed by atoms with Gasteiger partial charge in [-0.2, -0.15) is 5.10 Å². The molecule has 1 aromatic rings. The lowest BCUT2D eigenvalue weighted by Gasteiger charge is -2.28. The maximum absolute atomic E-state index is 13.4. The van der Waals surface area contributed by atoms with Gasteiger partial charge in [0.25, 0.3) is 5.91 Å². The molecule has 2 atom stereocenters. The van der Waals surface area contributed by atoms with Crippen LogP contribution in [0.2, 0.25) is 0 Å². The zero-order valence-electron chi connectivity index (χ0n) is 18.5. The third-order valence-electron chi connectivity index (χ3n) is 5.55. The Labute approximate surface area is 183 Å². The molecule has 31 heavy (non-hydrogen) atoms. The minimum absolute atomic E-state index is 0.00674. The maximum atomic E-state index is 13.4. The van der Waals surface area contributed by atoms with Gasteiger partial charge in [0.05, 0.1) is 12.3 Å². The van der Waals surface area contributed by atoms with Gasteiger partial charge in [0.1, 0.15) is 17.5 Å². The molecule has 8 heteroatoms. The third kappa shape index (κ3) is 6.60.